The Bertz CT molecular complexity index is 2480. The van der Waals surface area contributed by atoms with Gasteiger partial charge in [0.05, 0.1) is 5.39 Å². The number of aromatic nitrogens is 1. The molecule has 0 amide bonds. The van der Waals surface area contributed by atoms with Crippen LogP contribution in [0.5, 0.6) is 0 Å². The van der Waals surface area contributed by atoms with E-state index in [4.69, 9.17) is 13.8 Å². The zero-order valence-corrected chi connectivity index (χ0v) is 25.4. The van der Waals surface area contributed by atoms with E-state index in [-0.39, 0.29) is 0 Å². The quantitative estimate of drug-likeness (QED) is 0.189. The van der Waals surface area contributed by atoms with Crippen LogP contribution in [0.3, 0.4) is 0 Å². The van der Waals surface area contributed by atoms with Gasteiger partial charge in [-0.2, -0.15) is 0 Å². The van der Waals surface area contributed by atoms with Crippen LogP contribution in [0.1, 0.15) is 0 Å². The Morgan fingerprint density at radius 2 is 0.894 bits per heavy atom. The fourth-order valence-corrected chi connectivity index (χ4v) is 6.40. The number of nitrogens with zero attached hydrogens (tertiary/aromatic N) is 2. The predicted molar refractivity (Wildman–Crippen MR) is 192 cm³/mol. The van der Waals surface area contributed by atoms with Gasteiger partial charge in [-0.1, -0.05) is 97.1 Å². The fraction of sp³-hybridized carbons (Fsp3) is 0. The Hall–Kier alpha value is -6.39. The van der Waals surface area contributed by atoms with Gasteiger partial charge in [0.15, 0.2) is 5.58 Å². The van der Waals surface area contributed by atoms with Gasteiger partial charge in [-0.25, -0.2) is 4.98 Å². The number of hydrogen-bond acceptors (Lipinski definition) is 4. The normalized spacial score (nSPS) is 11.4. The van der Waals surface area contributed by atoms with Gasteiger partial charge < -0.3 is 13.7 Å². The minimum Gasteiger partial charge on any atom is -0.456 e. The summed E-state index contributed by atoms with van der Waals surface area (Å²) in [5, 5.41) is 2.00. The molecule has 0 saturated heterocycles. The van der Waals surface area contributed by atoms with Crippen LogP contribution in [0.4, 0.5) is 17.1 Å². The summed E-state index contributed by atoms with van der Waals surface area (Å²) >= 11 is 0. The van der Waals surface area contributed by atoms with Crippen LogP contribution in [0.2, 0.25) is 0 Å². The Morgan fingerprint density at radius 3 is 1.55 bits per heavy atom. The third-order valence-corrected chi connectivity index (χ3v) is 8.72. The average molecular weight is 605 g/mol. The predicted octanol–water partition coefficient (Wildman–Crippen LogP) is 12.2. The fourth-order valence-electron chi connectivity index (χ4n) is 6.40. The molecule has 222 valence electrons. The topological polar surface area (TPSA) is 42.4 Å². The van der Waals surface area contributed by atoms with E-state index in [2.05, 4.69) is 120 Å². The van der Waals surface area contributed by atoms with Crippen LogP contribution < -0.4 is 4.90 Å². The van der Waals surface area contributed by atoms with Gasteiger partial charge in [0.2, 0.25) is 5.89 Å². The minimum atomic E-state index is 0.607. The highest BCUT2D eigenvalue weighted by Crippen LogP contribution is 2.39. The van der Waals surface area contributed by atoms with E-state index in [1.807, 2.05) is 54.6 Å². The highest BCUT2D eigenvalue weighted by Gasteiger charge is 2.17. The Balaban J connectivity index is 1.07. The van der Waals surface area contributed by atoms with Gasteiger partial charge in [-0.05, 0) is 95.1 Å². The van der Waals surface area contributed by atoms with Crippen molar-refractivity contribution in [2.45, 2.75) is 0 Å². The molecule has 0 unspecified atom stereocenters. The van der Waals surface area contributed by atoms with Crippen molar-refractivity contribution in [1.29, 1.82) is 0 Å². The van der Waals surface area contributed by atoms with Crippen molar-refractivity contribution in [3.8, 4) is 33.7 Å². The Morgan fingerprint density at radius 1 is 0.383 bits per heavy atom. The Kier molecular flexibility index (Phi) is 6.43. The van der Waals surface area contributed by atoms with E-state index in [0.29, 0.717) is 5.89 Å². The highest BCUT2D eigenvalue weighted by atomic mass is 16.4. The number of furan rings is 1. The third-order valence-electron chi connectivity index (χ3n) is 8.72. The summed E-state index contributed by atoms with van der Waals surface area (Å²) in [7, 11) is 0. The highest BCUT2D eigenvalue weighted by molar-refractivity contribution is 6.17. The van der Waals surface area contributed by atoms with Gasteiger partial charge >= 0.3 is 0 Å². The smallest absolute Gasteiger partial charge is 0.227 e. The maximum atomic E-state index is 6.37. The molecular weight excluding hydrogens is 576 g/mol. The molecule has 0 atom stereocenters. The maximum absolute atomic E-state index is 6.37. The van der Waals surface area contributed by atoms with E-state index in [1.165, 1.54) is 11.1 Å². The van der Waals surface area contributed by atoms with Crippen LogP contribution in [0.15, 0.2) is 179 Å². The van der Waals surface area contributed by atoms with E-state index in [0.717, 1.165) is 66.8 Å². The summed E-state index contributed by atoms with van der Waals surface area (Å²) < 4.78 is 12.5. The van der Waals surface area contributed by atoms with Gasteiger partial charge in [-0.3, -0.25) is 0 Å². The lowest BCUT2D eigenvalue weighted by Gasteiger charge is -2.26. The second kappa shape index (κ2) is 11.2. The van der Waals surface area contributed by atoms with Crippen LogP contribution >= 0.6 is 0 Å². The molecule has 7 aromatic carbocycles. The van der Waals surface area contributed by atoms with Gasteiger partial charge in [-0.15, -0.1) is 0 Å². The third kappa shape index (κ3) is 4.84. The van der Waals surface area contributed by atoms with Crippen molar-refractivity contribution in [2.75, 3.05) is 4.90 Å². The van der Waals surface area contributed by atoms with E-state index in [1.54, 1.807) is 0 Å². The second-order valence-corrected chi connectivity index (χ2v) is 11.6. The lowest BCUT2D eigenvalue weighted by molar-refractivity contribution is 0.619. The largest absolute Gasteiger partial charge is 0.456 e. The van der Waals surface area contributed by atoms with Crippen molar-refractivity contribution >= 4 is 50.1 Å². The number of oxazole rings is 1. The molecule has 0 spiro atoms. The lowest BCUT2D eigenvalue weighted by atomic mass is 10.0. The van der Waals surface area contributed by atoms with Crippen molar-refractivity contribution in [3.63, 3.8) is 0 Å². The number of para-hydroxylation sites is 1. The second-order valence-electron chi connectivity index (χ2n) is 11.6. The van der Waals surface area contributed by atoms with Crippen molar-refractivity contribution in [2.24, 2.45) is 0 Å². The van der Waals surface area contributed by atoms with E-state index < -0.39 is 0 Å². The zero-order chi connectivity index (χ0) is 31.2. The molecule has 9 rings (SSSR count). The van der Waals surface area contributed by atoms with Crippen molar-refractivity contribution in [3.05, 3.63) is 170 Å². The molecule has 2 heterocycles. The molecule has 0 fully saturated rings. The SMILES string of the molecule is c1ccc(-c2ccc(N(c3ccccc3)c3ccc(-c4ccc5c(c4)oc4ccc6oc(-c7ccccc7)nc6c45)cc3)cc2)cc1. The van der Waals surface area contributed by atoms with Crippen LogP contribution in [-0.4, -0.2) is 4.98 Å². The first-order valence-electron chi connectivity index (χ1n) is 15.7. The summed E-state index contributed by atoms with van der Waals surface area (Å²) in [5.74, 6) is 0.607. The summed E-state index contributed by atoms with van der Waals surface area (Å²) in [4.78, 5) is 7.16. The molecular formula is C43H28N2O2. The lowest BCUT2D eigenvalue weighted by Crippen LogP contribution is -2.09. The molecule has 0 aliphatic carbocycles. The standard InChI is InChI=1S/C43H28N2O2/c1-4-10-29(11-5-1)30-16-21-35(22-17-30)45(34-14-8-3-9-15-34)36-23-18-31(19-24-36)33-20-25-37-40(28-33)46-38-26-27-39-42(41(37)38)44-43(47-39)32-12-6-2-7-13-32/h1-28H. The molecule has 2 aromatic heterocycles. The molecule has 47 heavy (non-hydrogen) atoms. The first kappa shape index (κ1) is 27.0. The molecule has 4 heteroatoms. The summed E-state index contributed by atoms with van der Waals surface area (Å²) in [5.41, 5.74) is 12.0. The molecule has 0 aliphatic heterocycles. The summed E-state index contributed by atoms with van der Waals surface area (Å²) in [6, 6.07) is 58.7. The van der Waals surface area contributed by atoms with Crippen molar-refractivity contribution in [1.82, 2.24) is 4.98 Å². The van der Waals surface area contributed by atoms with Crippen LogP contribution in [-0.2, 0) is 0 Å². The zero-order valence-electron chi connectivity index (χ0n) is 25.4. The van der Waals surface area contributed by atoms with Gasteiger partial charge in [0.1, 0.15) is 16.7 Å². The van der Waals surface area contributed by atoms with E-state index in [9.17, 15) is 0 Å². The summed E-state index contributed by atoms with van der Waals surface area (Å²) in [6.07, 6.45) is 0. The van der Waals surface area contributed by atoms with Crippen LogP contribution in [0, 0.1) is 0 Å². The number of fused-ring (bicyclic) bond motifs is 5. The monoisotopic (exact) mass is 604 g/mol. The molecule has 0 bridgehead atoms. The van der Waals surface area contributed by atoms with Gasteiger partial charge in [0.25, 0.3) is 0 Å². The first-order valence-corrected chi connectivity index (χ1v) is 15.7. The molecule has 0 saturated carbocycles. The number of benzene rings is 7. The molecule has 0 N–H and O–H groups in total. The van der Waals surface area contributed by atoms with Crippen molar-refractivity contribution < 1.29 is 8.83 Å². The number of hydrogen-bond donors (Lipinski definition) is 0. The average Bonchev–Trinajstić information content (AvgIpc) is 3.75. The number of rotatable bonds is 6. The molecule has 4 nitrogen and oxygen atoms in total. The minimum absolute atomic E-state index is 0.607. The summed E-state index contributed by atoms with van der Waals surface area (Å²) in [6.45, 7) is 0. The molecule has 9 aromatic rings. The number of anilines is 3. The van der Waals surface area contributed by atoms with E-state index >= 15 is 0 Å². The van der Waals surface area contributed by atoms with Crippen LogP contribution in [0.25, 0.3) is 66.7 Å². The Labute approximate surface area is 271 Å². The maximum Gasteiger partial charge on any atom is 0.227 e. The molecule has 0 radical (unpaired) electrons. The van der Waals surface area contributed by atoms with Gasteiger partial charge in [0, 0.05) is 28.0 Å². The molecule has 0 aliphatic rings. The first-order chi connectivity index (χ1) is 23.3.